The van der Waals surface area contributed by atoms with Gasteiger partial charge in [0.05, 0.1) is 24.2 Å². The number of alkyl halides is 6. The smallest absolute Gasteiger partial charge is 0.416 e. The first kappa shape index (κ1) is 46.2. The number of carbonyl (C=O) groups excluding carboxylic acids is 3. The Balaban J connectivity index is 0.000000315. The second-order valence-electron chi connectivity index (χ2n) is 14.9. The van der Waals surface area contributed by atoms with Crippen molar-refractivity contribution in [1.82, 2.24) is 15.1 Å². The van der Waals surface area contributed by atoms with Crippen LogP contribution < -0.4 is 11.1 Å². The van der Waals surface area contributed by atoms with Crippen molar-refractivity contribution in [2.75, 3.05) is 26.2 Å². The highest BCUT2D eigenvalue weighted by Gasteiger charge is 2.47. The predicted octanol–water partition coefficient (Wildman–Crippen LogP) is 6.19. The Bertz CT molecular complexity index is 1660. The van der Waals surface area contributed by atoms with Crippen molar-refractivity contribution in [3.05, 3.63) is 70.8 Å². The summed E-state index contributed by atoms with van der Waals surface area (Å²) in [4.78, 5) is 59.2. The van der Waals surface area contributed by atoms with Gasteiger partial charge in [-0.2, -0.15) is 26.3 Å². The summed E-state index contributed by atoms with van der Waals surface area (Å²) in [5, 5.41) is 21.4. The molecule has 2 fully saturated rings. The minimum atomic E-state index is -4.42. The lowest BCUT2D eigenvalue weighted by Crippen LogP contribution is -2.54. The zero-order valence-electron chi connectivity index (χ0n) is 31.1. The van der Waals surface area contributed by atoms with Crippen LogP contribution in [0.1, 0.15) is 81.4 Å². The molecule has 2 heterocycles. The first-order valence-electron chi connectivity index (χ1n) is 16.8. The number of amides is 2. The van der Waals surface area contributed by atoms with Crippen molar-refractivity contribution in [2.45, 2.75) is 95.6 Å². The number of rotatable bonds is 6. The predicted molar refractivity (Wildman–Crippen MR) is 185 cm³/mol. The number of carboxylic acids is 2. The number of hydrogen-bond donors (Lipinski definition) is 4. The van der Waals surface area contributed by atoms with E-state index in [0.717, 1.165) is 36.4 Å². The van der Waals surface area contributed by atoms with Crippen LogP contribution in [0.2, 0.25) is 0 Å². The van der Waals surface area contributed by atoms with Crippen molar-refractivity contribution in [3.8, 4) is 0 Å². The van der Waals surface area contributed by atoms with E-state index >= 15 is 0 Å². The molecular weight excluding hydrogens is 746 g/mol. The molecule has 19 heteroatoms. The molecule has 2 aliphatic rings. The molecule has 2 unspecified atom stereocenters. The number of aldehydes is 1. The summed E-state index contributed by atoms with van der Waals surface area (Å²) in [5.74, 6) is -2.21. The number of nitrogens with two attached hydrogens (primary N) is 1. The summed E-state index contributed by atoms with van der Waals surface area (Å²) in [7, 11) is 0. The van der Waals surface area contributed by atoms with Gasteiger partial charge in [0.25, 0.3) is 0 Å². The van der Waals surface area contributed by atoms with Gasteiger partial charge in [-0.25, -0.2) is 9.59 Å². The van der Waals surface area contributed by atoms with Crippen molar-refractivity contribution >= 4 is 30.4 Å². The lowest BCUT2D eigenvalue weighted by molar-refractivity contribution is -0.144. The Morgan fingerprint density at radius 3 is 1.51 bits per heavy atom. The first-order valence-corrected chi connectivity index (χ1v) is 16.8. The second kappa shape index (κ2) is 17.7. The maximum atomic E-state index is 12.6. The van der Waals surface area contributed by atoms with Gasteiger partial charge in [-0.05, 0) is 84.2 Å². The van der Waals surface area contributed by atoms with Gasteiger partial charge in [-0.3, -0.25) is 19.7 Å². The molecule has 0 aromatic heterocycles. The Labute approximate surface area is 313 Å². The number of carboxylic acid groups (broad SMARTS) is 2. The van der Waals surface area contributed by atoms with Gasteiger partial charge in [0, 0.05) is 25.2 Å². The molecule has 2 atom stereocenters. The number of nitrogens with one attached hydrogen (secondary N) is 1. The van der Waals surface area contributed by atoms with E-state index in [9.17, 15) is 55.4 Å². The standard InChI is InChI=1S/C18H23F3N2O4.C10H18N2O4.C8H5F3O/c1-16(2,3)27-15(26)23-9-8-17(11-23,14(24)25)22-10-12-4-6-13(7-5-12)18(19,20)21;1-9(2,3)16-8(15)12-5-4-10(11,6-12)7(13)14;9-8(10,11)7-3-1-6(5-12)2-4-7/h4-7,22H,8-11H2,1-3H3,(H,24,25);4-6,11H2,1-3H3,(H,13,14);1-5H. The Kier molecular flexibility index (Phi) is 14.9. The quantitative estimate of drug-likeness (QED) is 0.193. The van der Waals surface area contributed by atoms with Crippen molar-refractivity contribution < 1.29 is 70.0 Å². The zero-order chi connectivity index (χ0) is 42.2. The molecule has 13 nitrogen and oxygen atoms in total. The molecule has 0 saturated carbocycles. The van der Waals surface area contributed by atoms with E-state index in [1.54, 1.807) is 41.5 Å². The van der Waals surface area contributed by atoms with Gasteiger partial charge >= 0.3 is 36.5 Å². The fraction of sp³-hybridized carbons (Fsp3) is 0.528. The summed E-state index contributed by atoms with van der Waals surface area (Å²) in [6.07, 6.45) is -8.94. The Morgan fingerprint density at radius 2 is 1.15 bits per heavy atom. The molecule has 0 aliphatic carbocycles. The van der Waals surface area contributed by atoms with E-state index in [1.807, 2.05) is 0 Å². The van der Waals surface area contributed by atoms with Crippen LogP contribution in [-0.2, 0) is 38.0 Å². The molecule has 2 aromatic carbocycles. The summed E-state index contributed by atoms with van der Waals surface area (Å²) < 4.78 is 84.0. The van der Waals surface area contributed by atoms with Crippen LogP contribution in [0.3, 0.4) is 0 Å². The number of aliphatic carboxylic acids is 2. The van der Waals surface area contributed by atoms with Crippen molar-refractivity contribution in [2.24, 2.45) is 5.73 Å². The zero-order valence-corrected chi connectivity index (χ0v) is 31.1. The Hall–Kier alpha value is -4.91. The molecular formula is C36H46F6N4O9. The molecule has 55 heavy (non-hydrogen) atoms. The lowest BCUT2D eigenvalue weighted by atomic mass is 9.98. The number of carbonyl (C=O) groups is 5. The number of ether oxygens (including phenoxy) is 2. The summed E-state index contributed by atoms with van der Waals surface area (Å²) in [6.45, 7) is 10.9. The molecule has 0 bridgehead atoms. The van der Waals surface area contributed by atoms with E-state index in [2.05, 4.69) is 5.32 Å². The molecule has 4 rings (SSSR count). The van der Waals surface area contributed by atoms with E-state index in [0.29, 0.717) is 18.4 Å². The minimum absolute atomic E-state index is 0.00273. The van der Waals surface area contributed by atoms with Crippen LogP contribution in [-0.4, -0.2) is 98.9 Å². The third-order valence-corrected chi connectivity index (χ3v) is 8.00. The van der Waals surface area contributed by atoms with Crippen molar-refractivity contribution in [1.29, 1.82) is 0 Å². The molecule has 5 N–H and O–H groups in total. The molecule has 2 amide bonds. The minimum Gasteiger partial charge on any atom is -0.480 e. The van der Waals surface area contributed by atoms with Gasteiger partial charge in [0.15, 0.2) is 0 Å². The second-order valence-corrected chi connectivity index (χ2v) is 14.9. The third-order valence-electron chi connectivity index (χ3n) is 8.00. The van der Waals surface area contributed by atoms with Crippen LogP contribution >= 0.6 is 0 Å². The van der Waals surface area contributed by atoms with Crippen LogP contribution in [0.4, 0.5) is 35.9 Å². The SMILES string of the molecule is CC(C)(C)OC(=O)N1CCC(N)(C(=O)O)C1.CC(C)(C)OC(=O)N1CCC(NCc2ccc(C(F)(F)F)cc2)(C(=O)O)C1.O=Cc1ccc(C(F)(F)F)cc1. The van der Waals surface area contributed by atoms with Crippen LogP contribution in [0.5, 0.6) is 0 Å². The fourth-order valence-electron chi connectivity index (χ4n) is 5.01. The van der Waals surface area contributed by atoms with Crippen LogP contribution in [0, 0.1) is 0 Å². The van der Waals surface area contributed by atoms with E-state index in [1.165, 1.54) is 21.9 Å². The third kappa shape index (κ3) is 14.4. The summed E-state index contributed by atoms with van der Waals surface area (Å²) in [6, 6.07) is 8.52. The largest absolute Gasteiger partial charge is 0.480 e. The molecule has 2 saturated heterocycles. The monoisotopic (exact) mass is 792 g/mol. The highest BCUT2D eigenvalue weighted by Crippen LogP contribution is 2.30. The van der Waals surface area contributed by atoms with Crippen molar-refractivity contribution in [3.63, 3.8) is 0 Å². The van der Waals surface area contributed by atoms with Crippen LogP contribution in [0.25, 0.3) is 0 Å². The normalized spacial score (nSPS) is 20.0. The van der Waals surface area contributed by atoms with E-state index < -0.39 is 69.9 Å². The average Bonchev–Trinajstić information content (AvgIpc) is 3.69. The number of likely N-dealkylation sites (tertiary alicyclic amines) is 2. The molecule has 0 spiro atoms. The Morgan fingerprint density at radius 1 is 0.727 bits per heavy atom. The van der Waals surface area contributed by atoms with Gasteiger partial charge in [-0.1, -0.05) is 24.3 Å². The number of hydrogen-bond acceptors (Lipinski definition) is 9. The summed E-state index contributed by atoms with van der Waals surface area (Å²) >= 11 is 0. The molecule has 2 aliphatic heterocycles. The van der Waals surface area contributed by atoms with Gasteiger partial charge in [0.2, 0.25) is 0 Å². The van der Waals surface area contributed by atoms with Gasteiger partial charge in [0.1, 0.15) is 28.6 Å². The topological polar surface area (TPSA) is 189 Å². The average molecular weight is 793 g/mol. The van der Waals surface area contributed by atoms with E-state index in [-0.39, 0.29) is 44.6 Å². The number of benzene rings is 2. The first-order chi connectivity index (χ1) is 25.0. The highest BCUT2D eigenvalue weighted by atomic mass is 19.4. The summed E-state index contributed by atoms with van der Waals surface area (Å²) in [5.41, 5.74) is 0.897. The maximum absolute atomic E-state index is 12.6. The molecule has 306 valence electrons. The molecule has 2 aromatic rings. The van der Waals surface area contributed by atoms with Gasteiger partial charge < -0.3 is 35.2 Å². The maximum Gasteiger partial charge on any atom is 0.416 e. The fourth-order valence-corrected chi connectivity index (χ4v) is 5.01. The highest BCUT2D eigenvalue weighted by molar-refractivity contribution is 5.82. The van der Waals surface area contributed by atoms with Crippen LogP contribution in [0.15, 0.2) is 48.5 Å². The lowest BCUT2D eigenvalue weighted by Gasteiger charge is -2.28. The van der Waals surface area contributed by atoms with E-state index in [4.69, 9.17) is 20.3 Å². The van der Waals surface area contributed by atoms with Gasteiger partial charge in [-0.15, -0.1) is 0 Å². The number of halogens is 6. The number of nitrogens with zero attached hydrogens (tertiary/aromatic N) is 2. The molecule has 0 radical (unpaired) electrons.